The second-order valence-electron chi connectivity index (χ2n) is 7.47. The van der Waals surface area contributed by atoms with Gasteiger partial charge in [0.25, 0.3) is 0 Å². The molecule has 0 saturated heterocycles. The highest BCUT2D eigenvalue weighted by Crippen LogP contribution is 2.38. The Morgan fingerprint density at radius 1 is 1.16 bits per heavy atom. The molecule has 1 atom stereocenters. The Labute approximate surface area is 190 Å². The number of fused-ring (bicyclic) bond motifs is 1. The maximum atomic E-state index is 13.1. The fourth-order valence-electron chi connectivity index (χ4n) is 3.77. The fraction of sp³-hybridized carbons (Fsp3) is 0.273. The van der Waals surface area contributed by atoms with E-state index in [0.29, 0.717) is 24.5 Å². The third-order valence-corrected chi connectivity index (χ3v) is 5.74. The highest BCUT2D eigenvalue weighted by Gasteiger charge is 2.37. The van der Waals surface area contributed by atoms with Gasteiger partial charge in [-0.15, -0.1) is 0 Å². The molecule has 3 aromatic rings. The molecule has 0 fully saturated rings. The molecule has 4 rings (SSSR count). The first-order valence-corrected chi connectivity index (χ1v) is 10.6. The van der Waals surface area contributed by atoms with Crippen LogP contribution >= 0.6 is 15.9 Å². The minimum Gasteiger partial charge on any atom is -0.477 e. The number of ether oxygens (including phenoxy) is 1. The minimum absolute atomic E-state index is 0.0254. The number of hydrogen-bond donors (Lipinski definition) is 1. The van der Waals surface area contributed by atoms with Crippen LogP contribution in [0.5, 0.6) is 0 Å². The average molecular weight is 510 g/mol. The Hall–Kier alpha value is -2.85. The van der Waals surface area contributed by atoms with E-state index in [9.17, 15) is 23.1 Å². The Bertz CT molecular complexity index is 1120. The van der Waals surface area contributed by atoms with Crippen molar-refractivity contribution < 1.29 is 27.8 Å². The second kappa shape index (κ2) is 8.95. The zero-order valence-corrected chi connectivity index (χ0v) is 18.3. The second-order valence-corrected chi connectivity index (χ2v) is 8.22. The molecule has 32 heavy (non-hydrogen) atoms. The summed E-state index contributed by atoms with van der Waals surface area (Å²) in [6.45, 7) is 1.13. The van der Waals surface area contributed by atoms with Crippen molar-refractivity contribution >= 4 is 27.7 Å². The number of nitrogens with zero attached hydrogens (tertiary/aromatic N) is 3. The maximum Gasteiger partial charge on any atom is 0.416 e. The van der Waals surface area contributed by atoms with Crippen LogP contribution < -0.4 is 4.90 Å². The summed E-state index contributed by atoms with van der Waals surface area (Å²) >= 11 is 3.20. The Morgan fingerprint density at radius 2 is 1.88 bits per heavy atom. The summed E-state index contributed by atoms with van der Waals surface area (Å²) in [4.78, 5) is 13.6. The van der Waals surface area contributed by atoms with Gasteiger partial charge in [0.15, 0.2) is 0 Å². The number of carbonyl (C=O) groups is 1. The lowest BCUT2D eigenvalue weighted by Gasteiger charge is -2.20. The topological polar surface area (TPSA) is 67.6 Å². The molecule has 168 valence electrons. The monoisotopic (exact) mass is 509 g/mol. The van der Waals surface area contributed by atoms with Crippen LogP contribution in [0.15, 0.2) is 59.2 Å². The lowest BCUT2D eigenvalue weighted by molar-refractivity contribution is -0.137. The number of aromatic carboxylic acids is 1. The number of rotatable bonds is 7. The van der Waals surface area contributed by atoms with Crippen LogP contribution in [0.25, 0.3) is 0 Å². The molecule has 1 aliphatic heterocycles. The molecule has 1 N–H and O–H groups in total. The SMILES string of the molecule is O=C(O)c1c(Br)nn2c1N(Cc1cccc(C(F)(F)F)c1)C[C@H]2COCc1ccccc1. The first-order chi connectivity index (χ1) is 15.2. The molecule has 1 aliphatic rings. The van der Waals surface area contributed by atoms with Gasteiger partial charge in [-0.3, -0.25) is 0 Å². The zero-order chi connectivity index (χ0) is 22.9. The summed E-state index contributed by atoms with van der Waals surface area (Å²) in [7, 11) is 0. The number of carboxylic acids is 1. The molecule has 0 radical (unpaired) electrons. The Kier molecular flexibility index (Phi) is 6.25. The van der Waals surface area contributed by atoms with E-state index in [0.717, 1.165) is 17.7 Å². The van der Waals surface area contributed by atoms with E-state index >= 15 is 0 Å². The first-order valence-electron chi connectivity index (χ1n) is 9.78. The van der Waals surface area contributed by atoms with Gasteiger partial charge in [-0.2, -0.15) is 18.3 Å². The van der Waals surface area contributed by atoms with Gasteiger partial charge in [0, 0.05) is 13.1 Å². The number of alkyl halides is 3. The van der Waals surface area contributed by atoms with Gasteiger partial charge in [-0.25, -0.2) is 9.48 Å². The molecule has 10 heteroatoms. The molecule has 0 spiro atoms. The Balaban J connectivity index is 1.57. The van der Waals surface area contributed by atoms with Crippen molar-refractivity contribution in [3.05, 3.63) is 81.5 Å². The van der Waals surface area contributed by atoms with E-state index in [4.69, 9.17) is 4.74 Å². The molecule has 0 bridgehead atoms. The number of aromatic nitrogens is 2. The molecule has 2 heterocycles. The molecule has 2 aromatic carbocycles. The van der Waals surface area contributed by atoms with E-state index in [1.807, 2.05) is 30.3 Å². The van der Waals surface area contributed by atoms with Gasteiger partial charge in [0.05, 0.1) is 24.8 Å². The van der Waals surface area contributed by atoms with Gasteiger partial charge in [-0.05, 0) is 39.2 Å². The highest BCUT2D eigenvalue weighted by molar-refractivity contribution is 9.10. The third-order valence-electron chi connectivity index (χ3n) is 5.18. The van der Waals surface area contributed by atoms with Crippen LogP contribution in [0.3, 0.4) is 0 Å². The van der Waals surface area contributed by atoms with Crippen LogP contribution in [0.4, 0.5) is 19.0 Å². The maximum absolute atomic E-state index is 13.1. The van der Waals surface area contributed by atoms with Crippen LogP contribution in [0, 0.1) is 0 Å². The van der Waals surface area contributed by atoms with E-state index in [2.05, 4.69) is 21.0 Å². The summed E-state index contributed by atoms with van der Waals surface area (Å²) in [6.07, 6.45) is -4.45. The summed E-state index contributed by atoms with van der Waals surface area (Å²) < 4.78 is 46.9. The number of hydrogen-bond acceptors (Lipinski definition) is 4. The van der Waals surface area contributed by atoms with Crippen LogP contribution in [0.2, 0.25) is 0 Å². The van der Waals surface area contributed by atoms with Crippen molar-refractivity contribution in [3.8, 4) is 0 Å². The van der Waals surface area contributed by atoms with E-state index in [-0.39, 0.29) is 29.4 Å². The van der Waals surface area contributed by atoms with Crippen molar-refractivity contribution in [1.82, 2.24) is 9.78 Å². The van der Waals surface area contributed by atoms with Crippen molar-refractivity contribution in [2.45, 2.75) is 25.4 Å². The predicted octanol–water partition coefficient (Wildman–Crippen LogP) is 5.14. The lowest BCUT2D eigenvalue weighted by Crippen LogP contribution is -2.25. The van der Waals surface area contributed by atoms with Gasteiger partial charge >= 0.3 is 12.1 Å². The molecular weight excluding hydrogens is 491 g/mol. The quantitative estimate of drug-likeness (QED) is 0.477. The van der Waals surface area contributed by atoms with Crippen LogP contribution in [0.1, 0.15) is 33.1 Å². The molecule has 0 aliphatic carbocycles. The molecule has 1 aromatic heterocycles. The smallest absolute Gasteiger partial charge is 0.416 e. The summed E-state index contributed by atoms with van der Waals surface area (Å²) in [5.74, 6) is -0.826. The predicted molar refractivity (Wildman–Crippen MR) is 115 cm³/mol. The number of anilines is 1. The van der Waals surface area contributed by atoms with Gasteiger partial charge in [0.1, 0.15) is 16.0 Å². The average Bonchev–Trinajstić information content (AvgIpc) is 3.25. The summed E-state index contributed by atoms with van der Waals surface area (Å²) in [5.41, 5.74) is 0.651. The van der Waals surface area contributed by atoms with Gasteiger partial charge in [0.2, 0.25) is 0 Å². The molecule has 0 amide bonds. The van der Waals surface area contributed by atoms with Gasteiger partial charge < -0.3 is 14.7 Å². The Morgan fingerprint density at radius 3 is 2.56 bits per heavy atom. The molecule has 6 nitrogen and oxygen atoms in total. The van der Waals surface area contributed by atoms with Gasteiger partial charge in [-0.1, -0.05) is 42.5 Å². The van der Waals surface area contributed by atoms with E-state index in [1.165, 1.54) is 6.07 Å². The van der Waals surface area contributed by atoms with Crippen LogP contribution in [-0.2, 0) is 24.1 Å². The van der Waals surface area contributed by atoms with Crippen molar-refractivity contribution in [2.75, 3.05) is 18.1 Å². The molecule has 0 saturated carbocycles. The largest absolute Gasteiger partial charge is 0.477 e. The number of carboxylic acid groups (broad SMARTS) is 1. The van der Waals surface area contributed by atoms with Crippen molar-refractivity contribution in [3.63, 3.8) is 0 Å². The fourth-order valence-corrected chi connectivity index (χ4v) is 4.29. The van der Waals surface area contributed by atoms with E-state index < -0.39 is 17.7 Å². The number of benzene rings is 2. The molecular formula is C22H19BrF3N3O3. The lowest BCUT2D eigenvalue weighted by atomic mass is 10.1. The normalized spacial score (nSPS) is 15.8. The van der Waals surface area contributed by atoms with E-state index in [1.54, 1.807) is 15.6 Å². The summed E-state index contributed by atoms with van der Waals surface area (Å²) in [6, 6.07) is 14.3. The third kappa shape index (κ3) is 4.66. The van der Waals surface area contributed by atoms with Crippen molar-refractivity contribution in [1.29, 1.82) is 0 Å². The minimum atomic E-state index is -4.45. The van der Waals surface area contributed by atoms with Crippen molar-refractivity contribution in [2.24, 2.45) is 0 Å². The van der Waals surface area contributed by atoms with Crippen LogP contribution in [-0.4, -0.2) is 34.0 Å². The highest BCUT2D eigenvalue weighted by atomic mass is 79.9. The molecule has 0 unspecified atom stereocenters. The standard InChI is InChI=1S/C22H19BrF3N3O3/c23-19-18(21(30)31)20-28(10-15-7-4-8-16(9-15)22(24,25)26)11-17(29(20)27-19)13-32-12-14-5-2-1-3-6-14/h1-9,17H,10-13H2,(H,30,31)/t17-/m0/s1. The summed E-state index contributed by atoms with van der Waals surface area (Å²) in [5, 5.41) is 14.0. The first kappa shape index (κ1) is 22.3. The number of halogens is 4. The zero-order valence-electron chi connectivity index (χ0n) is 16.7.